The van der Waals surface area contributed by atoms with Crippen LogP contribution in [0.1, 0.15) is 42.1 Å². The van der Waals surface area contributed by atoms with Crippen molar-refractivity contribution >= 4 is 45.7 Å². The first kappa shape index (κ1) is 27.9. The summed E-state index contributed by atoms with van der Waals surface area (Å²) < 4.78 is 25.3. The zero-order valence-electron chi connectivity index (χ0n) is 22.7. The second kappa shape index (κ2) is 11.6. The summed E-state index contributed by atoms with van der Waals surface area (Å²) in [6, 6.07) is 17.6. The number of rotatable bonds is 8. The summed E-state index contributed by atoms with van der Waals surface area (Å²) in [5, 5.41) is 20.3. The molecule has 3 heterocycles. The van der Waals surface area contributed by atoms with Crippen molar-refractivity contribution < 1.29 is 28.6 Å². The number of benzene rings is 3. The number of ketones is 1. The first-order chi connectivity index (χ1) is 20.3. The standard InChI is InChI=1S/C31H26FN3O5S2/c1-3-39-23-6-4-5-19(15-23)26-25(27(36)20-9-12-24-21(14-20)13-17(2)40-24)28(37)29(38)35(26)30-33-34-31(42-30)41-16-18-7-10-22(32)11-8-18/h4-12,14-15,17,26,36H,3,13,16H2,1-2H3/t17-,26-/m0/s1. The second-order valence-corrected chi connectivity index (χ2v) is 12.1. The average Bonchev–Trinajstić information content (AvgIpc) is 3.67. The third kappa shape index (κ3) is 5.37. The van der Waals surface area contributed by atoms with E-state index in [9.17, 15) is 19.1 Å². The highest BCUT2D eigenvalue weighted by molar-refractivity contribution is 8.00. The smallest absolute Gasteiger partial charge is 0.301 e. The van der Waals surface area contributed by atoms with Gasteiger partial charge in [0, 0.05) is 17.7 Å². The van der Waals surface area contributed by atoms with Crippen LogP contribution in [0, 0.1) is 5.82 Å². The van der Waals surface area contributed by atoms with Crippen LogP contribution in [-0.4, -0.2) is 39.7 Å². The number of hydrogen-bond donors (Lipinski definition) is 1. The molecular formula is C31H26FN3O5S2. The lowest BCUT2D eigenvalue weighted by molar-refractivity contribution is -0.132. The Morgan fingerprint density at radius 1 is 1.14 bits per heavy atom. The maximum atomic E-state index is 13.6. The Bertz CT molecular complexity index is 1700. The third-order valence-electron chi connectivity index (χ3n) is 6.98. The van der Waals surface area contributed by atoms with E-state index in [0.717, 1.165) is 28.2 Å². The number of aliphatic hydroxyl groups is 1. The number of anilines is 1. The minimum absolute atomic E-state index is 0.0109. The Morgan fingerprint density at radius 2 is 1.95 bits per heavy atom. The largest absolute Gasteiger partial charge is 0.507 e. The van der Waals surface area contributed by atoms with Gasteiger partial charge in [-0.1, -0.05) is 47.4 Å². The van der Waals surface area contributed by atoms with E-state index in [2.05, 4.69) is 10.2 Å². The van der Waals surface area contributed by atoms with Crippen LogP contribution in [0.2, 0.25) is 0 Å². The van der Waals surface area contributed by atoms with Crippen molar-refractivity contribution in [2.24, 2.45) is 0 Å². The van der Waals surface area contributed by atoms with Crippen LogP contribution in [0.15, 0.2) is 76.6 Å². The van der Waals surface area contributed by atoms with Crippen molar-refractivity contribution in [1.29, 1.82) is 0 Å². The van der Waals surface area contributed by atoms with E-state index in [1.165, 1.54) is 28.8 Å². The number of carbonyl (C=O) groups excluding carboxylic acids is 2. The Morgan fingerprint density at radius 3 is 2.74 bits per heavy atom. The van der Waals surface area contributed by atoms with Crippen molar-refractivity contribution in [3.05, 3.63) is 100 Å². The SMILES string of the molecule is CCOc1cccc([C@H]2C(=C(O)c3ccc4c(c3)C[C@H](C)O4)C(=O)C(=O)N2c2nnc(SCc3ccc(F)cc3)s2)c1. The predicted molar refractivity (Wildman–Crippen MR) is 158 cm³/mol. The van der Waals surface area contributed by atoms with Crippen molar-refractivity contribution in [1.82, 2.24) is 10.2 Å². The van der Waals surface area contributed by atoms with E-state index in [4.69, 9.17) is 9.47 Å². The molecule has 0 aliphatic carbocycles. The zero-order valence-corrected chi connectivity index (χ0v) is 24.4. The molecule has 1 N–H and O–H groups in total. The van der Waals surface area contributed by atoms with Crippen LogP contribution in [0.3, 0.4) is 0 Å². The average molecular weight is 604 g/mol. The fraction of sp³-hybridized carbons (Fsp3) is 0.226. The molecule has 2 aliphatic rings. The highest BCUT2D eigenvalue weighted by Gasteiger charge is 2.48. The van der Waals surface area contributed by atoms with E-state index in [1.807, 2.05) is 13.8 Å². The number of amides is 1. The molecule has 0 bridgehead atoms. The van der Waals surface area contributed by atoms with Gasteiger partial charge in [-0.3, -0.25) is 14.5 Å². The van der Waals surface area contributed by atoms with Gasteiger partial charge in [-0.25, -0.2) is 4.39 Å². The van der Waals surface area contributed by atoms with Crippen molar-refractivity contribution in [2.75, 3.05) is 11.5 Å². The number of ether oxygens (including phenoxy) is 2. The molecule has 3 aromatic carbocycles. The molecule has 2 atom stereocenters. The van der Waals surface area contributed by atoms with Crippen LogP contribution >= 0.6 is 23.1 Å². The Kier molecular flexibility index (Phi) is 7.70. The Hall–Kier alpha value is -4.22. The molecule has 4 aromatic rings. The van der Waals surface area contributed by atoms with E-state index in [-0.39, 0.29) is 28.4 Å². The number of hydrogen-bond acceptors (Lipinski definition) is 9. The molecule has 11 heteroatoms. The van der Waals surface area contributed by atoms with Crippen molar-refractivity contribution in [3.8, 4) is 11.5 Å². The lowest BCUT2D eigenvalue weighted by Crippen LogP contribution is -2.29. The maximum absolute atomic E-state index is 13.6. The highest BCUT2D eigenvalue weighted by atomic mass is 32.2. The normalized spacial score (nSPS) is 19.2. The second-order valence-electron chi connectivity index (χ2n) is 9.90. The summed E-state index contributed by atoms with van der Waals surface area (Å²) in [5.74, 6) is -0.396. The molecule has 0 radical (unpaired) electrons. The van der Waals surface area contributed by atoms with E-state index < -0.39 is 17.7 Å². The number of fused-ring (bicyclic) bond motifs is 1. The summed E-state index contributed by atoms with van der Waals surface area (Å²) in [4.78, 5) is 28.4. The van der Waals surface area contributed by atoms with Gasteiger partial charge in [-0.15, -0.1) is 10.2 Å². The summed E-state index contributed by atoms with van der Waals surface area (Å²) in [7, 11) is 0. The van der Waals surface area contributed by atoms with Gasteiger partial charge in [0.1, 0.15) is 29.2 Å². The van der Waals surface area contributed by atoms with Crippen LogP contribution in [0.25, 0.3) is 5.76 Å². The van der Waals surface area contributed by atoms with Crippen LogP contribution in [0.5, 0.6) is 11.5 Å². The Labute approximate surface area is 249 Å². The number of halogens is 1. The van der Waals surface area contributed by atoms with E-state index in [0.29, 0.717) is 40.0 Å². The first-order valence-electron chi connectivity index (χ1n) is 13.4. The lowest BCUT2D eigenvalue weighted by atomic mass is 9.94. The quantitative estimate of drug-likeness (QED) is 0.0821. The topological polar surface area (TPSA) is 102 Å². The minimum atomic E-state index is -0.961. The predicted octanol–water partition coefficient (Wildman–Crippen LogP) is 6.32. The molecular weight excluding hydrogens is 577 g/mol. The molecule has 0 unspecified atom stereocenters. The van der Waals surface area contributed by atoms with Gasteiger partial charge in [-0.05, 0) is 73.0 Å². The van der Waals surface area contributed by atoms with Crippen molar-refractivity contribution in [3.63, 3.8) is 0 Å². The number of nitrogens with zero attached hydrogens (tertiary/aromatic N) is 3. The van der Waals surface area contributed by atoms with Crippen LogP contribution in [0.4, 0.5) is 9.52 Å². The molecule has 1 amide bonds. The molecule has 8 nitrogen and oxygen atoms in total. The lowest BCUT2D eigenvalue weighted by Gasteiger charge is -2.23. The zero-order chi connectivity index (χ0) is 29.4. The van der Waals surface area contributed by atoms with Gasteiger partial charge in [-0.2, -0.15) is 0 Å². The Balaban J connectivity index is 1.39. The highest BCUT2D eigenvalue weighted by Crippen LogP contribution is 2.45. The number of aromatic nitrogens is 2. The van der Waals surface area contributed by atoms with Crippen molar-refractivity contribution in [2.45, 2.75) is 42.5 Å². The molecule has 1 fully saturated rings. The molecule has 0 saturated carbocycles. The minimum Gasteiger partial charge on any atom is -0.507 e. The number of carbonyl (C=O) groups is 2. The first-order valence-corrected chi connectivity index (χ1v) is 15.2. The van der Waals surface area contributed by atoms with E-state index in [1.54, 1.807) is 54.6 Å². The van der Waals surface area contributed by atoms with E-state index >= 15 is 0 Å². The molecule has 0 spiro atoms. The number of Topliss-reactive ketones (excluding diaryl/α,β-unsaturated/α-hetero) is 1. The summed E-state index contributed by atoms with van der Waals surface area (Å²) >= 11 is 2.55. The molecule has 2 aliphatic heterocycles. The van der Waals surface area contributed by atoms with Gasteiger partial charge in [0.05, 0.1) is 18.2 Å². The number of aliphatic hydroxyl groups excluding tert-OH is 1. The summed E-state index contributed by atoms with van der Waals surface area (Å²) in [6.45, 7) is 4.26. The number of thioether (sulfide) groups is 1. The van der Waals surface area contributed by atoms with Gasteiger partial charge in [0.25, 0.3) is 5.78 Å². The fourth-order valence-electron chi connectivity index (χ4n) is 5.10. The molecule has 214 valence electrons. The summed E-state index contributed by atoms with van der Waals surface area (Å²) in [6.07, 6.45) is 0.685. The monoisotopic (exact) mass is 603 g/mol. The maximum Gasteiger partial charge on any atom is 0.301 e. The van der Waals surface area contributed by atoms with Crippen LogP contribution in [-0.2, 0) is 21.8 Å². The van der Waals surface area contributed by atoms with Gasteiger partial charge in [0.15, 0.2) is 4.34 Å². The van der Waals surface area contributed by atoms with Crippen LogP contribution < -0.4 is 14.4 Å². The molecule has 6 rings (SSSR count). The van der Waals surface area contributed by atoms with Gasteiger partial charge in [0.2, 0.25) is 5.13 Å². The molecule has 1 saturated heterocycles. The molecule has 1 aromatic heterocycles. The third-order valence-corrected chi connectivity index (χ3v) is 9.10. The summed E-state index contributed by atoms with van der Waals surface area (Å²) in [5.41, 5.74) is 2.78. The molecule has 42 heavy (non-hydrogen) atoms. The fourth-order valence-corrected chi connectivity index (χ4v) is 6.92. The van der Waals surface area contributed by atoms with Gasteiger partial charge >= 0.3 is 5.91 Å². The van der Waals surface area contributed by atoms with Gasteiger partial charge < -0.3 is 14.6 Å².